The van der Waals surface area contributed by atoms with Crippen LogP contribution in [0.1, 0.15) is 16.7 Å². The number of ether oxygens (including phenoxy) is 1. The molecule has 1 saturated heterocycles. The number of aliphatic hydroxyl groups is 1. The fourth-order valence-electron chi connectivity index (χ4n) is 3.70. The smallest absolute Gasteiger partial charge is 0.329 e. The Morgan fingerprint density at radius 2 is 1.82 bits per heavy atom. The molecule has 4 rings (SSSR count). The van der Waals surface area contributed by atoms with Gasteiger partial charge in [-0.15, -0.1) is 0 Å². The molecule has 28 heavy (non-hydrogen) atoms. The molecule has 7 nitrogen and oxygen atoms in total. The van der Waals surface area contributed by atoms with E-state index in [0.717, 1.165) is 16.0 Å². The summed E-state index contributed by atoms with van der Waals surface area (Å²) in [5, 5.41) is 14.6. The number of rotatable bonds is 2. The highest BCUT2D eigenvalue weighted by molar-refractivity contribution is 6.11. The number of morpholine rings is 1. The summed E-state index contributed by atoms with van der Waals surface area (Å²) >= 11 is 0. The third-order valence-corrected chi connectivity index (χ3v) is 5.42. The first-order valence-corrected chi connectivity index (χ1v) is 9.30. The second-order valence-corrected chi connectivity index (χ2v) is 7.16. The second-order valence-electron chi connectivity index (χ2n) is 7.16. The maximum absolute atomic E-state index is 13.5. The fraction of sp³-hybridized carbons (Fsp3) is 0.333. The Morgan fingerprint density at radius 3 is 2.54 bits per heavy atom. The lowest BCUT2D eigenvalue weighted by Gasteiger charge is -2.45. The minimum absolute atomic E-state index is 0.351. The van der Waals surface area contributed by atoms with Crippen molar-refractivity contribution in [3.8, 4) is 0 Å². The number of nitrogens with zero attached hydrogens (tertiary/aromatic N) is 2. The lowest BCUT2D eigenvalue weighted by atomic mass is 9.93. The van der Waals surface area contributed by atoms with Crippen LogP contribution in [0.5, 0.6) is 0 Å². The van der Waals surface area contributed by atoms with Crippen LogP contribution in [-0.2, 0) is 15.3 Å². The quantitative estimate of drug-likeness (QED) is 0.837. The molecule has 0 bridgehead atoms. The maximum Gasteiger partial charge on any atom is 0.329 e. The topological polar surface area (TPSA) is 82.1 Å². The van der Waals surface area contributed by atoms with Crippen molar-refractivity contribution in [3.63, 3.8) is 0 Å². The van der Waals surface area contributed by atoms with Gasteiger partial charge in [-0.1, -0.05) is 24.3 Å². The molecule has 3 amide bonds. The van der Waals surface area contributed by atoms with Crippen molar-refractivity contribution >= 4 is 23.3 Å². The van der Waals surface area contributed by atoms with Gasteiger partial charge in [0.25, 0.3) is 11.6 Å². The monoisotopic (exact) mass is 381 g/mol. The molecule has 1 atom stereocenters. The van der Waals surface area contributed by atoms with E-state index in [-0.39, 0.29) is 0 Å². The minimum atomic E-state index is -2.14. The fourth-order valence-corrected chi connectivity index (χ4v) is 3.70. The second kappa shape index (κ2) is 6.92. The Hall–Kier alpha value is -2.90. The number of anilines is 2. The SMILES string of the molecule is Cc1ccc(N2C(=O)Nc3ccccc3[C@]2(O)C(=O)N2CCOCC2)cc1C. The van der Waals surface area contributed by atoms with E-state index in [4.69, 9.17) is 4.74 Å². The van der Waals surface area contributed by atoms with Gasteiger partial charge in [0.05, 0.1) is 18.9 Å². The molecule has 0 saturated carbocycles. The highest BCUT2D eigenvalue weighted by Gasteiger charge is 2.53. The van der Waals surface area contributed by atoms with E-state index < -0.39 is 17.7 Å². The molecule has 2 aliphatic heterocycles. The summed E-state index contributed by atoms with van der Waals surface area (Å²) in [5.41, 5.74) is 1.12. The van der Waals surface area contributed by atoms with Crippen molar-refractivity contribution in [2.75, 3.05) is 36.5 Å². The number of hydrogen-bond acceptors (Lipinski definition) is 4. The molecule has 2 aromatic carbocycles. The third-order valence-electron chi connectivity index (χ3n) is 5.42. The van der Waals surface area contributed by atoms with E-state index in [9.17, 15) is 14.7 Å². The molecular weight excluding hydrogens is 358 g/mol. The summed E-state index contributed by atoms with van der Waals surface area (Å²) in [4.78, 5) is 29.2. The molecule has 2 N–H and O–H groups in total. The van der Waals surface area contributed by atoms with Crippen molar-refractivity contribution in [3.05, 3.63) is 59.2 Å². The van der Waals surface area contributed by atoms with Crippen molar-refractivity contribution in [2.24, 2.45) is 0 Å². The van der Waals surface area contributed by atoms with Gasteiger partial charge in [0.2, 0.25) is 0 Å². The largest absolute Gasteiger partial charge is 0.378 e. The van der Waals surface area contributed by atoms with Crippen LogP contribution in [0.4, 0.5) is 16.2 Å². The first kappa shape index (κ1) is 18.5. The molecule has 0 radical (unpaired) electrons. The molecule has 2 aromatic rings. The lowest BCUT2D eigenvalue weighted by molar-refractivity contribution is -0.156. The molecule has 0 unspecified atom stereocenters. The Bertz CT molecular complexity index is 939. The number of aryl methyl sites for hydroxylation is 2. The zero-order valence-corrected chi connectivity index (χ0v) is 15.9. The maximum atomic E-state index is 13.5. The summed E-state index contributed by atoms with van der Waals surface area (Å²) in [5.74, 6) is -0.531. The molecule has 0 spiro atoms. The first-order valence-electron chi connectivity index (χ1n) is 9.30. The van der Waals surface area contributed by atoms with Crippen LogP contribution in [-0.4, -0.2) is 48.2 Å². The Morgan fingerprint density at radius 1 is 1.11 bits per heavy atom. The van der Waals surface area contributed by atoms with Gasteiger partial charge in [-0.2, -0.15) is 0 Å². The number of fused-ring (bicyclic) bond motifs is 1. The van der Waals surface area contributed by atoms with Gasteiger partial charge in [-0.25, -0.2) is 4.79 Å². The molecule has 7 heteroatoms. The molecule has 146 valence electrons. The van der Waals surface area contributed by atoms with E-state index in [1.165, 1.54) is 0 Å². The predicted octanol–water partition coefficient (Wildman–Crippen LogP) is 2.36. The number of benzene rings is 2. The number of carbonyl (C=O) groups is 2. The van der Waals surface area contributed by atoms with Gasteiger partial charge in [-0.05, 0) is 43.2 Å². The molecule has 2 aliphatic rings. The number of hydrogen-bond donors (Lipinski definition) is 2. The molecule has 0 aromatic heterocycles. The van der Waals surface area contributed by atoms with E-state index in [0.29, 0.717) is 43.2 Å². The van der Waals surface area contributed by atoms with E-state index >= 15 is 0 Å². The minimum Gasteiger partial charge on any atom is -0.378 e. The van der Waals surface area contributed by atoms with Crippen LogP contribution in [0.3, 0.4) is 0 Å². The van der Waals surface area contributed by atoms with Crippen molar-refractivity contribution in [1.29, 1.82) is 0 Å². The van der Waals surface area contributed by atoms with Gasteiger partial charge in [0.15, 0.2) is 0 Å². The number of nitrogens with one attached hydrogen (secondary N) is 1. The van der Waals surface area contributed by atoms with E-state index in [1.807, 2.05) is 19.9 Å². The Labute approximate surface area is 163 Å². The Kier molecular flexibility index (Phi) is 4.56. The van der Waals surface area contributed by atoms with Crippen LogP contribution in [0.25, 0.3) is 0 Å². The average molecular weight is 381 g/mol. The summed E-state index contributed by atoms with van der Waals surface area (Å²) in [7, 11) is 0. The van der Waals surface area contributed by atoms with Crippen LogP contribution in [0.2, 0.25) is 0 Å². The number of para-hydroxylation sites is 1. The molecule has 0 aliphatic carbocycles. The van der Waals surface area contributed by atoms with E-state index in [1.54, 1.807) is 41.3 Å². The Balaban J connectivity index is 1.88. The first-order chi connectivity index (χ1) is 13.4. The lowest BCUT2D eigenvalue weighted by Crippen LogP contribution is -2.64. The van der Waals surface area contributed by atoms with Crippen molar-refractivity contribution in [1.82, 2.24) is 4.90 Å². The summed E-state index contributed by atoms with van der Waals surface area (Å²) in [6.45, 7) is 5.43. The summed E-state index contributed by atoms with van der Waals surface area (Å²) in [6.07, 6.45) is 0. The van der Waals surface area contributed by atoms with Gasteiger partial charge in [-0.3, -0.25) is 9.69 Å². The average Bonchev–Trinajstić information content (AvgIpc) is 2.70. The van der Waals surface area contributed by atoms with Crippen molar-refractivity contribution < 1.29 is 19.4 Å². The normalized spacial score (nSPS) is 21.9. The van der Waals surface area contributed by atoms with E-state index in [2.05, 4.69) is 5.32 Å². The third kappa shape index (κ3) is 2.83. The number of carbonyl (C=O) groups excluding carboxylic acids is 2. The van der Waals surface area contributed by atoms with Gasteiger partial charge in [0, 0.05) is 24.3 Å². The van der Waals surface area contributed by atoms with Gasteiger partial charge >= 0.3 is 6.03 Å². The zero-order chi connectivity index (χ0) is 19.9. The van der Waals surface area contributed by atoms with Crippen molar-refractivity contribution in [2.45, 2.75) is 19.6 Å². The molecule has 1 fully saturated rings. The van der Waals surface area contributed by atoms with Crippen LogP contribution in [0, 0.1) is 13.8 Å². The predicted molar refractivity (Wildman–Crippen MR) is 105 cm³/mol. The standard InChI is InChI=1S/C21H23N3O4/c1-14-7-8-16(13-15(14)2)24-20(26)22-18-6-4-3-5-17(18)21(24,27)19(25)23-9-11-28-12-10-23/h3-8,13,27H,9-12H2,1-2H3,(H,22,26)/t21-/m0/s1. The van der Waals surface area contributed by atoms with Crippen LogP contribution >= 0.6 is 0 Å². The summed E-state index contributed by atoms with van der Waals surface area (Å²) < 4.78 is 5.33. The highest BCUT2D eigenvalue weighted by atomic mass is 16.5. The van der Waals surface area contributed by atoms with Crippen LogP contribution in [0.15, 0.2) is 42.5 Å². The highest BCUT2D eigenvalue weighted by Crippen LogP contribution is 2.41. The van der Waals surface area contributed by atoms with Crippen LogP contribution < -0.4 is 10.2 Å². The molecule has 2 heterocycles. The van der Waals surface area contributed by atoms with Gasteiger partial charge in [0.1, 0.15) is 0 Å². The zero-order valence-electron chi connectivity index (χ0n) is 15.9. The molecular formula is C21H23N3O4. The number of amides is 3. The summed E-state index contributed by atoms with van der Waals surface area (Å²) in [6, 6.07) is 11.7. The number of urea groups is 1. The van der Waals surface area contributed by atoms with Gasteiger partial charge < -0.3 is 20.1 Å².